The van der Waals surface area contributed by atoms with Gasteiger partial charge in [0.05, 0.1) is 31.6 Å². The molecule has 0 amide bonds. The van der Waals surface area contributed by atoms with E-state index < -0.39 is 0 Å². The van der Waals surface area contributed by atoms with Crippen LogP contribution < -0.4 is 10.1 Å². The lowest BCUT2D eigenvalue weighted by Gasteiger charge is -2.26. The highest BCUT2D eigenvalue weighted by atomic mass is 19.1. The second-order valence-corrected chi connectivity index (χ2v) is 6.45. The summed E-state index contributed by atoms with van der Waals surface area (Å²) in [5, 5.41) is 3.41. The summed E-state index contributed by atoms with van der Waals surface area (Å²) in [5.41, 5.74) is 3.02. The first-order valence-electron chi connectivity index (χ1n) is 8.84. The highest BCUT2D eigenvalue weighted by Gasteiger charge is 2.22. The molecule has 1 aliphatic rings. The molecule has 1 aromatic carbocycles. The molecular formula is C20H21FN4O2. The lowest BCUT2D eigenvalue weighted by Crippen LogP contribution is -2.36. The maximum absolute atomic E-state index is 13.2. The number of aromatic nitrogens is 3. The van der Waals surface area contributed by atoms with Crippen LogP contribution in [-0.4, -0.2) is 34.3 Å². The van der Waals surface area contributed by atoms with Crippen molar-refractivity contribution in [2.24, 2.45) is 0 Å². The van der Waals surface area contributed by atoms with Crippen LogP contribution in [0.1, 0.15) is 11.4 Å². The molecular weight excluding hydrogens is 347 g/mol. The summed E-state index contributed by atoms with van der Waals surface area (Å²) >= 11 is 0. The summed E-state index contributed by atoms with van der Waals surface area (Å²) in [4.78, 5) is 8.64. The van der Waals surface area contributed by atoms with Gasteiger partial charge in [-0.1, -0.05) is 6.07 Å². The first kappa shape index (κ1) is 17.6. The molecule has 3 aromatic rings. The van der Waals surface area contributed by atoms with E-state index in [0.717, 1.165) is 22.6 Å². The van der Waals surface area contributed by atoms with E-state index in [-0.39, 0.29) is 11.9 Å². The fourth-order valence-electron chi connectivity index (χ4n) is 3.17. The Morgan fingerprint density at radius 2 is 2.04 bits per heavy atom. The van der Waals surface area contributed by atoms with Crippen LogP contribution >= 0.6 is 0 Å². The van der Waals surface area contributed by atoms with Gasteiger partial charge in [0.2, 0.25) is 5.88 Å². The number of ether oxygens (including phenoxy) is 2. The normalized spacial score (nSPS) is 16.1. The topological polar surface area (TPSA) is 61.2 Å². The van der Waals surface area contributed by atoms with Crippen LogP contribution in [-0.2, 0) is 24.4 Å². The lowest BCUT2D eigenvalue weighted by atomic mass is 10.1. The Morgan fingerprint density at radius 1 is 1.19 bits per heavy atom. The van der Waals surface area contributed by atoms with Crippen molar-refractivity contribution in [3.63, 3.8) is 0 Å². The number of nitrogens with zero attached hydrogens (tertiary/aromatic N) is 3. The van der Waals surface area contributed by atoms with E-state index in [0.29, 0.717) is 32.1 Å². The molecule has 1 N–H and O–H groups in total. The van der Waals surface area contributed by atoms with Crippen LogP contribution in [0.25, 0.3) is 11.3 Å². The van der Waals surface area contributed by atoms with E-state index in [1.165, 1.54) is 12.1 Å². The van der Waals surface area contributed by atoms with E-state index >= 15 is 0 Å². The predicted octanol–water partition coefficient (Wildman–Crippen LogP) is 2.78. The fraction of sp³-hybridized carbons (Fsp3) is 0.300. The van der Waals surface area contributed by atoms with Crippen LogP contribution in [0.4, 0.5) is 4.39 Å². The minimum atomic E-state index is -0.240. The zero-order chi connectivity index (χ0) is 18.6. The lowest BCUT2D eigenvalue weighted by molar-refractivity contribution is 0.00325. The average Bonchev–Trinajstić information content (AvgIpc) is 3.12. The molecule has 3 heterocycles. The smallest absolute Gasteiger partial charge is 0.212 e. The van der Waals surface area contributed by atoms with Crippen LogP contribution in [0.2, 0.25) is 0 Å². The molecule has 0 bridgehead atoms. The molecule has 0 saturated carbocycles. The zero-order valence-electron chi connectivity index (χ0n) is 15.1. The molecule has 0 fully saturated rings. The number of benzene rings is 1. The number of hydrogen-bond acceptors (Lipinski definition) is 5. The molecule has 7 heteroatoms. The van der Waals surface area contributed by atoms with Gasteiger partial charge in [-0.3, -0.25) is 0 Å². The van der Waals surface area contributed by atoms with Crippen LogP contribution in [0.15, 0.2) is 48.8 Å². The molecule has 1 aliphatic heterocycles. The number of hydrogen-bond donors (Lipinski definition) is 1. The van der Waals surface area contributed by atoms with Gasteiger partial charge >= 0.3 is 0 Å². The third kappa shape index (κ3) is 3.99. The third-order valence-corrected chi connectivity index (χ3v) is 4.62. The van der Waals surface area contributed by atoms with Crippen molar-refractivity contribution in [3.05, 3.63) is 66.0 Å². The Balaban J connectivity index is 1.37. The molecule has 1 atom stereocenters. The summed E-state index contributed by atoms with van der Waals surface area (Å²) in [6.45, 7) is 2.60. The molecule has 6 nitrogen and oxygen atoms in total. The Labute approximate surface area is 157 Å². The maximum Gasteiger partial charge on any atom is 0.212 e. The molecule has 4 rings (SSSR count). The van der Waals surface area contributed by atoms with E-state index in [1.54, 1.807) is 25.4 Å². The molecule has 1 unspecified atom stereocenters. The SMILES string of the molecule is COc1ccc(CNCC2Cn3c(-c4ccc(F)cc4)cnc3CO2)cn1. The summed E-state index contributed by atoms with van der Waals surface area (Å²) in [6, 6.07) is 10.3. The van der Waals surface area contributed by atoms with Gasteiger partial charge in [-0.25, -0.2) is 14.4 Å². The molecule has 0 spiro atoms. The van der Waals surface area contributed by atoms with E-state index in [1.807, 2.05) is 18.3 Å². The van der Waals surface area contributed by atoms with E-state index in [2.05, 4.69) is 19.9 Å². The average molecular weight is 368 g/mol. The molecule has 0 radical (unpaired) electrons. The molecule has 0 saturated heterocycles. The van der Waals surface area contributed by atoms with Gasteiger partial charge in [-0.05, 0) is 35.4 Å². The minimum absolute atomic E-state index is 0.0390. The largest absolute Gasteiger partial charge is 0.481 e. The molecule has 0 aliphatic carbocycles. The summed E-state index contributed by atoms with van der Waals surface area (Å²) in [5.74, 6) is 1.26. The summed E-state index contributed by atoms with van der Waals surface area (Å²) < 4.78 is 26.3. The van der Waals surface area contributed by atoms with Gasteiger partial charge in [0.25, 0.3) is 0 Å². The number of pyridine rings is 1. The van der Waals surface area contributed by atoms with Crippen molar-refractivity contribution >= 4 is 0 Å². The van der Waals surface area contributed by atoms with Crippen molar-refractivity contribution in [3.8, 4) is 17.1 Å². The highest BCUT2D eigenvalue weighted by Crippen LogP contribution is 2.25. The predicted molar refractivity (Wildman–Crippen MR) is 98.7 cm³/mol. The van der Waals surface area contributed by atoms with Crippen molar-refractivity contribution < 1.29 is 13.9 Å². The Bertz CT molecular complexity index is 893. The second kappa shape index (κ2) is 7.85. The van der Waals surface area contributed by atoms with Crippen molar-refractivity contribution in [1.82, 2.24) is 19.9 Å². The summed E-state index contributed by atoms with van der Waals surface area (Å²) in [7, 11) is 1.60. The van der Waals surface area contributed by atoms with Gasteiger partial charge in [0, 0.05) is 25.4 Å². The third-order valence-electron chi connectivity index (χ3n) is 4.62. The van der Waals surface area contributed by atoms with Crippen LogP contribution in [0.3, 0.4) is 0 Å². The van der Waals surface area contributed by atoms with E-state index in [4.69, 9.17) is 9.47 Å². The van der Waals surface area contributed by atoms with Crippen molar-refractivity contribution in [2.45, 2.75) is 25.8 Å². The van der Waals surface area contributed by atoms with E-state index in [9.17, 15) is 4.39 Å². The number of imidazole rings is 1. The van der Waals surface area contributed by atoms with Gasteiger partial charge in [0.15, 0.2) is 0 Å². The zero-order valence-corrected chi connectivity index (χ0v) is 15.1. The number of nitrogens with one attached hydrogen (secondary N) is 1. The Morgan fingerprint density at radius 3 is 2.78 bits per heavy atom. The number of halogens is 1. The van der Waals surface area contributed by atoms with Crippen molar-refractivity contribution in [1.29, 1.82) is 0 Å². The highest BCUT2D eigenvalue weighted by molar-refractivity contribution is 5.59. The summed E-state index contributed by atoms with van der Waals surface area (Å²) in [6.07, 6.45) is 3.66. The van der Waals surface area contributed by atoms with Gasteiger partial charge in [0.1, 0.15) is 18.2 Å². The number of methoxy groups -OCH3 is 1. The van der Waals surface area contributed by atoms with Gasteiger partial charge in [-0.2, -0.15) is 0 Å². The van der Waals surface area contributed by atoms with Crippen LogP contribution in [0.5, 0.6) is 5.88 Å². The Kier molecular flexibility index (Phi) is 5.13. The first-order valence-corrected chi connectivity index (χ1v) is 8.84. The molecule has 140 valence electrons. The monoisotopic (exact) mass is 368 g/mol. The quantitative estimate of drug-likeness (QED) is 0.725. The Hall–Kier alpha value is -2.77. The number of rotatable bonds is 6. The fourth-order valence-corrected chi connectivity index (χ4v) is 3.17. The van der Waals surface area contributed by atoms with Gasteiger partial charge < -0.3 is 19.4 Å². The standard InChI is InChI=1S/C20H21FN4O2/c1-26-20-7-2-14(9-24-20)8-22-10-17-12-25-18(11-23-19(25)13-27-17)15-3-5-16(21)6-4-15/h2-7,9,11,17,22H,8,10,12-13H2,1H3. The first-order chi connectivity index (χ1) is 13.2. The maximum atomic E-state index is 13.2. The number of fused-ring (bicyclic) bond motifs is 1. The van der Waals surface area contributed by atoms with Crippen LogP contribution in [0, 0.1) is 5.82 Å². The molecule has 2 aromatic heterocycles. The second-order valence-electron chi connectivity index (χ2n) is 6.45. The van der Waals surface area contributed by atoms with Crippen molar-refractivity contribution in [2.75, 3.05) is 13.7 Å². The molecule has 27 heavy (non-hydrogen) atoms. The van der Waals surface area contributed by atoms with Gasteiger partial charge in [-0.15, -0.1) is 0 Å². The minimum Gasteiger partial charge on any atom is -0.481 e.